The molecule has 0 aliphatic carbocycles. The van der Waals surface area contributed by atoms with E-state index in [1.54, 1.807) is 61.7 Å². The lowest BCUT2D eigenvalue weighted by Gasteiger charge is -2.30. The van der Waals surface area contributed by atoms with Gasteiger partial charge in [0.2, 0.25) is 11.2 Å². The highest BCUT2D eigenvalue weighted by Crippen LogP contribution is 2.45. The Bertz CT molecular complexity index is 2580. The predicted molar refractivity (Wildman–Crippen MR) is 264 cm³/mol. The maximum atomic E-state index is 15.2. The largest absolute Gasteiger partial charge is 0.452 e. The van der Waals surface area contributed by atoms with Gasteiger partial charge in [0.25, 0.3) is 0 Å². The van der Waals surface area contributed by atoms with Gasteiger partial charge in [0.1, 0.15) is 16.7 Å². The summed E-state index contributed by atoms with van der Waals surface area (Å²) in [6, 6.07) is 6.84. The molecule has 22 heteroatoms. The van der Waals surface area contributed by atoms with E-state index in [1.165, 1.54) is 51.9 Å². The number of carbonyl (C=O) groups is 5. The van der Waals surface area contributed by atoms with E-state index >= 15 is 4.79 Å². The summed E-state index contributed by atoms with van der Waals surface area (Å²) in [5.41, 5.74) is -0.992. The van der Waals surface area contributed by atoms with Crippen LogP contribution in [0.25, 0.3) is 22.3 Å². The minimum absolute atomic E-state index is 0.0826. The second-order valence-corrected chi connectivity index (χ2v) is 27.1. The summed E-state index contributed by atoms with van der Waals surface area (Å²) >= 11 is 7.86. The molecule has 5 fully saturated rings. The lowest BCUT2D eigenvalue weighted by Crippen LogP contribution is -2.43. The highest BCUT2D eigenvalue weighted by Gasteiger charge is 2.43. The van der Waals surface area contributed by atoms with Crippen LogP contribution in [0.1, 0.15) is 69.2 Å². The first-order chi connectivity index (χ1) is 31.4. The average Bonchev–Trinajstić information content (AvgIpc) is 4.06. The molecule has 0 N–H and O–H groups in total. The predicted octanol–water partition coefficient (Wildman–Crippen LogP) is 9.88. The van der Waals surface area contributed by atoms with E-state index in [4.69, 9.17) is 28.1 Å². The van der Waals surface area contributed by atoms with Crippen LogP contribution in [0.4, 0.5) is 24.0 Å². The number of hydrogen-bond donors (Lipinski definition) is 0. The van der Waals surface area contributed by atoms with E-state index in [0.29, 0.717) is 61.5 Å². The molecule has 5 aliphatic rings. The van der Waals surface area contributed by atoms with E-state index < -0.39 is 66.0 Å². The third-order valence-electron chi connectivity index (χ3n) is 12.3. The van der Waals surface area contributed by atoms with Crippen molar-refractivity contribution in [2.75, 3.05) is 61.5 Å². The SMILES string of the molecule is CC1(C)SCCN1C(=O)Oc1cc(OC(=O)N2CCSC2(C)C)c2c(=O)c(OC(=O)N3CCSC3(C)C)c(-c3ccc(OC(=O)N4CCSC4(C)C)c(OC(=O)N4CCSC4(C)C)c3)oc2c1. The highest BCUT2D eigenvalue weighted by molar-refractivity contribution is 8.01. The summed E-state index contributed by atoms with van der Waals surface area (Å²) in [6.07, 6.45) is -3.65. The van der Waals surface area contributed by atoms with Gasteiger partial charge in [0.15, 0.2) is 23.0 Å². The van der Waals surface area contributed by atoms with Crippen molar-refractivity contribution in [2.45, 2.75) is 93.6 Å². The van der Waals surface area contributed by atoms with Crippen molar-refractivity contribution in [3.05, 3.63) is 40.6 Å². The monoisotopic (exact) mass is 1020 g/mol. The standard InChI is InChI=1S/C45H55N5O12S5/c1-41(2)46(13-18-63-41)36(52)57-27-24-30-32(31(25-27)61-39(55)49-16-21-66-44(49,7)8)33(51)35(62-40(56)50-17-22-67-45(50,9)10)34(58-30)26-11-12-28(59-37(53)47-14-19-64-42(47,3)4)29(23-26)60-38(54)48-15-20-65-43(48,5)6/h11-12,23-25H,13-22H2,1-10H3. The van der Waals surface area contributed by atoms with Crippen molar-refractivity contribution >= 4 is 100 Å². The number of nitrogens with zero attached hydrogens (tertiary/aromatic N) is 5. The summed E-state index contributed by atoms with van der Waals surface area (Å²) in [5, 5.41) is -0.270. The zero-order chi connectivity index (χ0) is 48.4. The summed E-state index contributed by atoms with van der Waals surface area (Å²) in [6.45, 7) is 20.9. The van der Waals surface area contributed by atoms with E-state index in [2.05, 4.69) is 0 Å². The molecule has 0 atom stereocenters. The van der Waals surface area contributed by atoms with Crippen LogP contribution in [0.15, 0.2) is 39.5 Å². The first kappa shape index (κ1) is 49.2. The van der Waals surface area contributed by atoms with Gasteiger partial charge in [-0.1, -0.05) is 0 Å². The van der Waals surface area contributed by atoms with Crippen LogP contribution in [0.2, 0.25) is 0 Å². The van der Waals surface area contributed by atoms with Crippen LogP contribution in [0.5, 0.6) is 28.7 Å². The second kappa shape index (κ2) is 18.2. The third-order valence-corrected chi connectivity index (χ3v) is 18.9. The fourth-order valence-corrected chi connectivity index (χ4v) is 13.9. The highest BCUT2D eigenvalue weighted by atomic mass is 32.2. The number of hydrogen-bond acceptors (Lipinski definition) is 17. The molecule has 3 aromatic rings. The molecule has 67 heavy (non-hydrogen) atoms. The van der Waals surface area contributed by atoms with Crippen molar-refractivity contribution < 1.29 is 52.1 Å². The van der Waals surface area contributed by atoms with Crippen LogP contribution in [-0.2, 0) is 0 Å². The van der Waals surface area contributed by atoms with Gasteiger partial charge in [-0.15, -0.1) is 58.8 Å². The number of thioether (sulfide) groups is 5. The van der Waals surface area contributed by atoms with Crippen LogP contribution >= 0.6 is 58.8 Å². The van der Waals surface area contributed by atoms with Gasteiger partial charge in [-0.2, -0.15) is 0 Å². The second-order valence-electron chi connectivity index (χ2n) is 18.6. The molecular weight excluding hydrogens is 963 g/mol. The van der Waals surface area contributed by atoms with E-state index in [1.807, 2.05) is 69.2 Å². The van der Waals surface area contributed by atoms with Crippen molar-refractivity contribution in [3.8, 4) is 40.1 Å². The van der Waals surface area contributed by atoms with Crippen molar-refractivity contribution in [1.29, 1.82) is 0 Å². The van der Waals surface area contributed by atoms with Crippen LogP contribution in [0.3, 0.4) is 0 Å². The quantitative estimate of drug-likeness (QED) is 0.228. The molecule has 0 unspecified atom stereocenters. The summed E-state index contributed by atoms with van der Waals surface area (Å²) < 4.78 is 36.6. The molecule has 0 radical (unpaired) electrons. The summed E-state index contributed by atoms with van der Waals surface area (Å²) in [5.74, 6) is 1.84. The van der Waals surface area contributed by atoms with Crippen LogP contribution in [-0.4, -0.2) is 141 Å². The van der Waals surface area contributed by atoms with E-state index in [9.17, 15) is 24.0 Å². The van der Waals surface area contributed by atoms with Crippen LogP contribution in [0, 0.1) is 0 Å². The lowest BCUT2D eigenvalue weighted by atomic mass is 10.1. The Kier molecular flexibility index (Phi) is 13.4. The fourth-order valence-electron chi connectivity index (χ4n) is 8.45. The molecule has 5 amide bonds. The first-order valence-electron chi connectivity index (χ1n) is 21.8. The first-order valence-corrected chi connectivity index (χ1v) is 26.8. The van der Waals surface area contributed by atoms with Crippen LogP contribution < -0.4 is 29.1 Å². The van der Waals surface area contributed by atoms with E-state index in [0.717, 1.165) is 0 Å². The van der Waals surface area contributed by atoms with Crippen molar-refractivity contribution in [2.24, 2.45) is 0 Å². The van der Waals surface area contributed by atoms with E-state index in [-0.39, 0.29) is 45.3 Å². The van der Waals surface area contributed by atoms with Gasteiger partial charge in [0.05, 0.1) is 24.4 Å². The summed E-state index contributed by atoms with van der Waals surface area (Å²) in [4.78, 5) is 89.3. The Morgan fingerprint density at radius 3 is 1.25 bits per heavy atom. The zero-order valence-electron chi connectivity index (χ0n) is 39.1. The van der Waals surface area contributed by atoms with Gasteiger partial charge in [0, 0.05) is 79.2 Å². The van der Waals surface area contributed by atoms with Gasteiger partial charge in [-0.05, 0) is 87.4 Å². The number of fused-ring (bicyclic) bond motifs is 1. The molecule has 0 saturated carbocycles. The Labute approximate surface area is 410 Å². The minimum Gasteiger partial charge on any atom is -0.452 e. The average molecular weight is 1020 g/mol. The van der Waals surface area contributed by atoms with Crippen molar-refractivity contribution in [1.82, 2.24) is 24.5 Å². The summed E-state index contributed by atoms with van der Waals surface area (Å²) in [7, 11) is 0. The number of ether oxygens (including phenoxy) is 5. The van der Waals surface area contributed by atoms with Gasteiger partial charge in [-0.25, -0.2) is 24.0 Å². The molecule has 0 spiro atoms. The third kappa shape index (κ3) is 9.83. The Hall–Kier alpha value is -4.25. The Morgan fingerprint density at radius 2 is 0.851 bits per heavy atom. The Balaban J connectivity index is 1.29. The van der Waals surface area contributed by atoms with Gasteiger partial charge < -0.3 is 28.1 Å². The molecule has 0 bridgehead atoms. The maximum Gasteiger partial charge on any atom is 0.416 e. The molecule has 1 aromatic heterocycles. The molecule has 5 saturated heterocycles. The molecule has 5 aliphatic heterocycles. The smallest absolute Gasteiger partial charge is 0.416 e. The topological polar surface area (TPSA) is 178 Å². The molecule has 2 aromatic carbocycles. The number of rotatable bonds is 6. The Morgan fingerprint density at radius 1 is 0.478 bits per heavy atom. The lowest BCUT2D eigenvalue weighted by molar-refractivity contribution is 0.129. The fraction of sp³-hybridized carbons (Fsp3) is 0.556. The molecule has 362 valence electrons. The van der Waals surface area contributed by atoms with Crippen molar-refractivity contribution in [3.63, 3.8) is 0 Å². The van der Waals surface area contributed by atoms with Gasteiger partial charge in [-0.3, -0.25) is 29.3 Å². The number of benzene rings is 2. The molecule has 17 nitrogen and oxygen atoms in total. The molecule has 6 heterocycles. The maximum absolute atomic E-state index is 15.2. The molecular formula is C45H55N5O12S5. The normalized spacial score (nSPS) is 21.2. The number of amides is 5. The molecule has 8 rings (SSSR count). The number of carbonyl (C=O) groups excluding carboxylic acids is 5. The van der Waals surface area contributed by atoms with Gasteiger partial charge >= 0.3 is 30.5 Å². The zero-order valence-corrected chi connectivity index (χ0v) is 43.2. The minimum atomic E-state index is -0.888.